The summed E-state index contributed by atoms with van der Waals surface area (Å²) in [5.41, 5.74) is 0. The number of carboxylic acid groups (broad SMARTS) is 2. The summed E-state index contributed by atoms with van der Waals surface area (Å²) in [5.74, 6) is -4.58. The zero-order valence-electron chi connectivity index (χ0n) is 11.3. The molecule has 0 saturated carbocycles. The van der Waals surface area contributed by atoms with Gasteiger partial charge < -0.3 is 19.8 Å². The Bertz CT molecular complexity index is 423. The maximum Gasteiger partial charge on any atom is 0.309 e. The number of likely N-dealkylation sites (tertiary alicyclic amines) is 1. The van der Waals surface area contributed by atoms with Crippen LogP contribution < -0.4 is 0 Å². The van der Waals surface area contributed by atoms with Crippen LogP contribution in [0.1, 0.15) is 19.8 Å². The first kappa shape index (κ1) is 14.8. The van der Waals surface area contributed by atoms with Crippen molar-refractivity contribution in [2.75, 3.05) is 19.7 Å². The summed E-state index contributed by atoms with van der Waals surface area (Å²) in [5, 5.41) is 18.2. The summed E-state index contributed by atoms with van der Waals surface area (Å²) in [6.45, 7) is 2.51. The summed E-state index contributed by atoms with van der Waals surface area (Å²) < 4.78 is 5.35. The van der Waals surface area contributed by atoms with Crippen LogP contribution in [-0.4, -0.2) is 58.8 Å². The molecular formula is C13H19NO6. The largest absolute Gasteiger partial charge is 0.481 e. The van der Waals surface area contributed by atoms with E-state index >= 15 is 0 Å². The highest BCUT2D eigenvalue weighted by Gasteiger charge is 2.42. The van der Waals surface area contributed by atoms with Crippen LogP contribution >= 0.6 is 0 Å². The molecule has 4 atom stereocenters. The molecule has 20 heavy (non-hydrogen) atoms. The van der Waals surface area contributed by atoms with Gasteiger partial charge in [0.25, 0.3) is 0 Å². The highest BCUT2D eigenvalue weighted by molar-refractivity contribution is 5.83. The van der Waals surface area contributed by atoms with Gasteiger partial charge in [-0.25, -0.2) is 0 Å². The first-order valence-corrected chi connectivity index (χ1v) is 6.76. The lowest BCUT2D eigenvalue weighted by atomic mass is 9.85. The van der Waals surface area contributed by atoms with E-state index in [1.54, 1.807) is 0 Å². The summed E-state index contributed by atoms with van der Waals surface area (Å²) in [7, 11) is 0. The van der Waals surface area contributed by atoms with Crippen molar-refractivity contribution in [3.63, 3.8) is 0 Å². The zero-order chi connectivity index (χ0) is 14.9. The van der Waals surface area contributed by atoms with Gasteiger partial charge in [0.15, 0.2) is 0 Å². The molecule has 0 aromatic rings. The maximum absolute atomic E-state index is 12.3. The normalized spacial score (nSPS) is 34.0. The number of ether oxygens (including phenoxy) is 1. The monoisotopic (exact) mass is 285 g/mol. The average molecular weight is 285 g/mol. The smallest absolute Gasteiger partial charge is 0.309 e. The zero-order valence-corrected chi connectivity index (χ0v) is 11.3. The van der Waals surface area contributed by atoms with Gasteiger partial charge in [0.2, 0.25) is 5.91 Å². The average Bonchev–Trinajstić information content (AvgIpc) is 2.83. The molecule has 1 amide bonds. The number of amides is 1. The highest BCUT2D eigenvalue weighted by atomic mass is 16.5. The van der Waals surface area contributed by atoms with Crippen molar-refractivity contribution in [2.24, 2.45) is 17.8 Å². The minimum absolute atomic E-state index is 0.0317. The van der Waals surface area contributed by atoms with E-state index in [1.807, 2.05) is 6.92 Å². The number of hydrogen-bond donors (Lipinski definition) is 2. The topological polar surface area (TPSA) is 104 Å². The second-order valence-corrected chi connectivity index (χ2v) is 5.54. The summed E-state index contributed by atoms with van der Waals surface area (Å²) in [4.78, 5) is 36.0. The van der Waals surface area contributed by atoms with Crippen LogP contribution in [0.2, 0.25) is 0 Å². The summed E-state index contributed by atoms with van der Waals surface area (Å²) >= 11 is 0. The molecule has 2 aliphatic heterocycles. The molecule has 7 heteroatoms. The van der Waals surface area contributed by atoms with Crippen molar-refractivity contribution < 1.29 is 29.3 Å². The first-order chi connectivity index (χ1) is 9.40. The quantitative estimate of drug-likeness (QED) is 0.759. The van der Waals surface area contributed by atoms with E-state index < -0.39 is 23.8 Å². The molecule has 2 aliphatic rings. The molecule has 2 saturated heterocycles. The summed E-state index contributed by atoms with van der Waals surface area (Å²) in [6, 6.07) is 0. The standard InChI is InChI=1S/C13H19NO6/c1-7-4-8(6-20-7)11(15)14-3-2-9(12(16)17)10(5-14)13(18)19/h7-10H,2-6H2,1H3,(H,16,17)(H,18,19). The Hall–Kier alpha value is -1.63. The third kappa shape index (κ3) is 2.92. The van der Waals surface area contributed by atoms with Crippen LogP contribution in [0, 0.1) is 17.8 Å². The first-order valence-electron chi connectivity index (χ1n) is 6.76. The van der Waals surface area contributed by atoms with Crippen LogP contribution in [0.25, 0.3) is 0 Å². The van der Waals surface area contributed by atoms with Crippen molar-refractivity contribution in [3.8, 4) is 0 Å². The molecule has 0 spiro atoms. The fraction of sp³-hybridized carbons (Fsp3) is 0.769. The van der Waals surface area contributed by atoms with Crippen molar-refractivity contribution >= 4 is 17.8 Å². The predicted molar refractivity (Wildman–Crippen MR) is 67.0 cm³/mol. The Balaban J connectivity index is 2.03. The van der Waals surface area contributed by atoms with E-state index in [1.165, 1.54) is 4.90 Å². The number of aliphatic carboxylic acids is 2. The molecular weight excluding hydrogens is 266 g/mol. The van der Waals surface area contributed by atoms with E-state index in [-0.39, 0.29) is 30.9 Å². The molecule has 0 bridgehead atoms. The van der Waals surface area contributed by atoms with Crippen molar-refractivity contribution in [2.45, 2.75) is 25.9 Å². The third-order valence-corrected chi connectivity index (χ3v) is 4.11. The maximum atomic E-state index is 12.3. The van der Waals surface area contributed by atoms with Crippen molar-refractivity contribution in [1.82, 2.24) is 4.90 Å². The van der Waals surface area contributed by atoms with Gasteiger partial charge in [0, 0.05) is 13.1 Å². The minimum Gasteiger partial charge on any atom is -0.481 e. The van der Waals surface area contributed by atoms with E-state index in [4.69, 9.17) is 14.9 Å². The number of carbonyl (C=O) groups excluding carboxylic acids is 1. The van der Waals surface area contributed by atoms with Crippen LogP contribution in [-0.2, 0) is 19.1 Å². The van der Waals surface area contributed by atoms with Gasteiger partial charge in [0.05, 0.1) is 30.5 Å². The molecule has 2 rings (SSSR count). The van der Waals surface area contributed by atoms with Gasteiger partial charge in [0.1, 0.15) is 0 Å². The molecule has 0 aromatic carbocycles. The number of rotatable bonds is 3. The Morgan fingerprint density at radius 3 is 2.30 bits per heavy atom. The fourth-order valence-electron chi connectivity index (χ4n) is 2.95. The lowest BCUT2D eigenvalue weighted by molar-refractivity contribution is -0.159. The van der Waals surface area contributed by atoms with Crippen LogP contribution in [0.4, 0.5) is 0 Å². The van der Waals surface area contributed by atoms with E-state index in [0.29, 0.717) is 19.6 Å². The second kappa shape index (κ2) is 5.78. The van der Waals surface area contributed by atoms with Crippen molar-refractivity contribution in [1.29, 1.82) is 0 Å². The summed E-state index contributed by atoms with van der Waals surface area (Å²) in [6.07, 6.45) is 0.854. The third-order valence-electron chi connectivity index (χ3n) is 4.11. The molecule has 0 aromatic heterocycles. The molecule has 7 nitrogen and oxygen atoms in total. The van der Waals surface area contributed by atoms with Gasteiger partial charge in [-0.1, -0.05) is 0 Å². The van der Waals surface area contributed by atoms with Gasteiger partial charge in [-0.3, -0.25) is 14.4 Å². The van der Waals surface area contributed by atoms with Gasteiger partial charge >= 0.3 is 11.9 Å². The number of piperidine rings is 1. The number of hydrogen-bond acceptors (Lipinski definition) is 4. The van der Waals surface area contributed by atoms with E-state index in [0.717, 1.165) is 0 Å². The van der Waals surface area contributed by atoms with Gasteiger partial charge in [-0.15, -0.1) is 0 Å². The van der Waals surface area contributed by atoms with E-state index in [2.05, 4.69) is 0 Å². The van der Waals surface area contributed by atoms with Crippen LogP contribution in [0.15, 0.2) is 0 Å². The number of carbonyl (C=O) groups is 3. The predicted octanol–water partition coefficient (Wildman–Crippen LogP) is 0.0453. The molecule has 0 radical (unpaired) electrons. The fourth-order valence-corrected chi connectivity index (χ4v) is 2.95. The molecule has 2 fully saturated rings. The van der Waals surface area contributed by atoms with Gasteiger partial charge in [-0.05, 0) is 19.8 Å². The highest BCUT2D eigenvalue weighted by Crippen LogP contribution is 2.28. The molecule has 2 heterocycles. The second-order valence-electron chi connectivity index (χ2n) is 5.54. The lowest BCUT2D eigenvalue weighted by Crippen LogP contribution is -2.50. The van der Waals surface area contributed by atoms with E-state index in [9.17, 15) is 14.4 Å². The van der Waals surface area contributed by atoms with Gasteiger partial charge in [-0.2, -0.15) is 0 Å². The Morgan fingerprint density at radius 1 is 1.15 bits per heavy atom. The molecule has 4 unspecified atom stereocenters. The minimum atomic E-state index is -1.16. The number of carboxylic acids is 2. The SMILES string of the molecule is CC1CC(C(=O)N2CCC(C(=O)O)C(C(=O)O)C2)CO1. The van der Waals surface area contributed by atoms with Crippen LogP contribution in [0.5, 0.6) is 0 Å². The molecule has 112 valence electrons. The molecule has 0 aliphatic carbocycles. The Labute approximate surface area is 116 Å². The number of nitrogens with zero attached hydrogens (tertiary/aromatic N) is 1. The van der Waals surface area contributed by atoms with Crippen molar-refractivity contribution in [3.05, 3.63) is 0 Å². The van der Waals surface area contributed by atoms with Crippen LogP contribution in [0.3, 0.4) is 0 Å². The lowest BCUT2D eigenvalue weighted by Gasteiger charge is -2.35. The Kier molecular flexibility index (Phi) is 4.27. The molecule has 2 N–H and O–H groups in total. The Morgan fingerprint density at radius 2 is 1.80 bits per heavy atom.